The van der Waals surface area contributed by atoms with Gasteiger partial charge in [-0.2, -0.15) is 0 Å². The van der Waals surface area contributed by atoms with Crippen molar-refractivity contribution in [1.82, 2.24) is 4.90 Å². The van der Waals surface area contributed by atoms with Crippen LogP contribution in [0, 0.1) is 0 Å². The Morgan fingerprint density at radius 3 is 1.76 bits per heavy atom. The van der Waals surface area contributed by atoms with Gasteiger partial charge in [0.15, 0.2) is 6.04 Å². The number of carbonyl (C=O) groups excluding carboxylic acids is 1. The molecule has 174 valence electrons. The molecule has 0 aliphatic carbocycles. The minimum atomic E-state index is -0.750. The van der Waals surface area contributed by atoms with Gasteiger partial charge in [-0.3, -0.25) is 9.89 Å². The molecule has 3 aromatic carbocycles. The molecule has 0 heterocycles. The van der Waals surface area contributed by atoms with Gasteiger partial charge in [0.1, 0.15) is 0 Å². The zero-order valence-corrected chi connectivity index (χ0v) is 19.7. The molecule has 3 rings (SSSR count). The first-order valence-corrected chi connectivity index (χ1v) is 11.4. The number of rotatable bonds is 12. The summed E-state index contributed by atoms with van der Waals surface area (Å²) in [6.07, 6.45) is 4.31. The van der Waals surface area contributed by atoms with E-state index in [1.54, 1.807) is 0 Å². The second-order valence-electron chi connectivity index (χ2n) is 7.97. The highest BCUT2D eigenvalue weighted by Crippen LogP contribution is 2.20. The summed E-state index contributed by atoms with van der Waals surface area (Å²) in [4.78, 5) is 20.5. The standard InChI is InChI=1S/C30H32N2O2/c1-4-21-32(22-5-2)27(23-24-15-9-6-10-16-24)29(30(33)34-3)31-28(25-17-11-7-12-18-25)26-19-13-8-14-20-26/h4-20,27,29H,1-2,21-23H2,3H3/t27-,29-/m0/s1. The van der Waals surface area contributed by atoms with Crippen molar-refractivity contribution in [3.63, 3.8) is 0 Å². The quantitative estimate of drug-likeness (QED) is 0.211. The molecule has 0 aromatic heterocycles. The maximum Gasteiger partial charge on any atom is 0.332 e. The van der Waals surface area contributed by atoms with Crippen molar-refractivity contribution < 1.29 is 9.53 Å². The lowest BCUT2D eigenvalue weighted by atomic mass is 9.96. The van der Waals surface area contributed by atoms with Crippen LogP contribution in [-0.2, 0) is 16.0 Å². The van der Waals surface area contributed by atoms with Crippen LogP contribution in [0.1, 0.15) is 16.7 Å². The van der Waals surface area contributed by atoms with Crippen LogP contribution in [0.5, 0.6) is 0 Å². The number of methoxy groups -OCH3 is 1. The van der Waals surface area contributed by atoms with Crippen molar-refractivity contribution in [2.24, 2.45) is 4.99 Å². The SMILES string of the molecule is C=CCN(CC=C)[C@@H](Cc1ccccc1)[C@H](N=C(c1ccccc1)c1ccccc1)C(=O)OC. The summed E-state index contributed by atoms with van der Waals surface area (Å²) >= 11 is 0. The Labute approximate surface area is 202 Å². The molecule has 0 aliphatic heterocycles. The van der Waals surface area contributed by atoms with Gasteiger partial charge in [0.25, 0.3) is 0 Å². The lowest BCUT2D eigenvalue weighted by Gasteiger charge is -2.33. The molecule has 0 saturated carbocycles. The summed E-state index contributed by atoms with van der Waals surface area (Å²) in [5.74, 6) is -0.372. The number of carbonyl (C=O) groups is 1. The van der Waals surface area contributed by atoms with Crippen LogP contribution >= 0.6 is 0 Å². The Hall–Kier alpha value is -3.76. The summed E-state index contributed by atoms with van der Waals surface area (Å²) in [5, 5.41) is 0. The summed E-state index contributed by atoms with van der Waals surface area (Å²) in [6, 6.07) is 29.0. The Morgan fingerprint density at radius 1 is 0.853 bits per heavy atom. The van der Waals surface area contributed by atoms with E-state index in [1.807, 2.05) is 91.0 Å². The van der Waals surface area contributed by atoms with Gasteiger partial charge < -0.3 is 4.74 Å². The molecule has 0 radical (unpaired) electrons. The molecule has 0 aliphatic rings. The topological polar surface area (TPSA) is 41.9 Å². The molecule has 0 spiro atoms. The van der Waals surface area contributed by atoms with Gasteiger partial charge in [0.2, 0.25) is 0 Å². The third-order valence-corrected chi connectivity index (χ3v) is 5.65. The van der Waals surface area contributed by atoms with E-state index in [1.165, 1.54) is 7.11 Å². The summed E-state index contributed by atoms with van der Waals surface area (Å²) in [5.41, 5.74) is 3.77. The number of hydrogen-bond acceptors (Lipinski definition) is 4. The van der Waals surface area contributed by atoms with Crippen LogP contribution in [-0.4, -0.2) is 48.9 Å². The number of esters is 1. The molecule has 0 unspecified atom stereocenters. The van der Waals surface area contributed by atoms with Gasteiger partial charge in [-0.05, 0) is 12.0 Å². The smallest absolute Gasteiger partial charge is 0.332 e. The van der Waals surface area contributed by atoms with Crippen molar-refractivity contribution in [3.8, 4) is 0 Å². The summed E-state index contributed by atoms with van der Waals surface area (Å²) in [7, 11) is 1.42. The second kappa shape index (κ2) is 13.1. The normalized spacial score (nSPS) is 12.4. The van der Waals surface area contributed by atoms with Gasteiger partial charge in [0, 0.05) is 30.3 Å². The van der Waals surface area contributed by atoms with Crippen molar-refractivity contribution in [2.75, 3.05) is 20.2 Å². The number of aliphatic imine (C=N–C) groups is 1. The molecular formula is C30H32N2O2. The Balaban J connectivity index is 2.17. The maximum atomic E-state index is 13.2. The number of ether oxygens (including phenoxy) is 1. The lowest BCUT2D eigenvalue weighted by molar-refractivity contribution is -0.143. The molecule has 3 aromatic rings. The van der Waals surface area contributed by atoms with Crippen molar-refractivity contribution in [1.29, 1.82) is 0 Å². The molecule has 4 nitrogen and oxygen atoms in total. The van der Waals surface area contributed by atoms with Crippen LogP contribution < -0.4 is 0 Å². The molecule has 0 bridgehead atoms. The minimum absolute atomic E-state index is 0.256. The van der Waals surface area contributed by atoms with E-state index >= 15 is 0 Å². The molecule has 0 fully saturated rings. The van der Waals surface area contributed by atoms with Gasteiger partial charge in [-0.25, -0.2) is 4.79 Å². The minimum Gasteiger partial charge on any atom is -0.467 e. The zero-order chi connectivity index (χ0) is 24.2. The van der Waals surface area contributed by atoms with Crippen LogP contribution in [0.2, 0.25) is 0 Å². The third kappa shape index (κ3) is 6.63. The number of nitrogens with zero attached hydrogens (tertiary/aromatic N) is 2. The van der Waals surface area contributed by atoms with Crippen molar-refractivity contribution in [3.05, 3.63) is 133 Å². The highest BCUT2D eigenvalue weighted by Gasteiger charge is 2.33. The van der Waals surface area contributed by atoms with E-state index in [2.05, 4.69) is 30.2 Å². The van der Waals surface area contributed by atoms with Crippen LogP contribution in [0.4, 0.5) is 0 Å². The monoisotopic (exact) mass is 452 g/mol. The Morgan fingerprint density at radius 2 is 1.32 bits per heavy atom. The zero-order valence-electron chi connectivity index (χ0n) is 19.7. The molecule has 0 saturated heterocycles. The highest BCUT2D eigenvalue weighted by molar-refractivity contribution is 6.13. The van der Waals surface area contributed by atoms with Crippen molar-refractivity contribution in [2.45, 2.75) is 18.5 Å². The van der Waals surface area contributed by atoms with E-state index in [-0.39, 0.29) is 12.0 Å². The largest absolute Gasteiger partial charge is 0.467 e. The van der Waals surface area contributed by atoms with Gasteiger partial charge in [0.05, 0.1) is 12.8 Å². The number of benzene rings is 3. The predicted octanol–water partition coefficient (Wildman–Crippen LogP) is 5.35. The van der Waals surface area contributed by atoms with E-state index in [4.69, 9.17) is 9.73 Å². The van der Waals surface area contributed by atoms with Crippen LogP contribution in [0.25, 0.3) is 0 Å². The lowest BCUT2D eigenvalue weighted by Crippen LogP contribution is -2.48. The first-order chi connectivity index (χ1) is 16.7. The Kier molecular flexibility index (Phi) is 9.56. The predicted molar refractivity (Wildman–Crippen MR) is 140 cm³/mol. The highest BCUT2D eigenvalue weighted by atomic mass is 16.5. The first kappa shape index (κ1) is 24.9. The average molecular weight is 453 g/mol. The first-order valence-electron chi connectivity index (χ1n) is 11.4. The van der Waals surface area contributed by atoms with E-state index in [0.29, 0.717) is 19.5 Å². The average Bonchev–Trinajstić information content (AvgIpc) is 2.89. The summed E-state index contributed by atoms with van der Waals surface area (Å²) < 4.78 is 5.29. The summed E-state index contributed by atoms with van der Waals surface area (Å²) in [6.45, 7) is 9.04. The molecule has 0 N–H and O–H groups in total. The van der Waals surface area contributed by atoms with Crippen molar-refractivity contribution >= 4 is 11.7 Å². The van der Waals surface area contributed by atoms with Crippen LogP contribution in [0.15, 0.2) is 121 Å². The van der Waals surface area contributed by atoms with Gasteiger partial charge in [-0.15, -0.1) is 13.2 Å². The maximum absolute atomic E-state index is 13.2. The second-order valence-corrected chi connectivity index (χ2v) is 7.97. The number of hydrogen-bond donors (Lipinski definition) is 0. The van der Waals surface area contributed by atoms with Gasteiger partial charge >= 0.3 is 5.97 Å². The molecule has 4 heteroatoms. The third-order valence-electron chi connectivity index (χ3n) is 5.65. The fourth-order valence-electron chi connectivity index (χ4n) is 4.04. The van der Waals surface area contributed by atoms with Crippen LogP contribution in [0.3, 0.4) is 0 Å². The van der Waals surface area contributed by atoms with Gasteiger partial charge in [-0.1, -0.05) is 103 Å². The van der Waals surface area contributed by atoms with E-state index < -0.39 is 6.04 Å². The van der Waals surface area contributed by atoms with E-state index in [0.717, 1.165) is 22.4 Å². The molecule has 0 amide bonds. The fourth-order valence-corrected chi connectivity index (χ4v) is 4.04. The molecule has 34 heavy (non-hydrogen) atoms. The molecule has 2 atom stereocenters. The van der Waals surface area contributed by atoms with E-state index in [9.17, 15) is 4.79 Å². The Bertz CT molecular complexity index is 1030. The fraction of sp³-hybridized carbons (Fsp3) is 0.200. The molecular weight excluding hydrogens is 420 g/mol.